The number of amidine groups is 1. The van der Waals surface area contributed by atoms with Crippen molar-refractivity contribution in [2.24, 2.45) is 15.3 Å². The Morgan fingerprint density at radius 1 is 0.733 bits per heavy atom. The first-order chi connectivity index (χ1) is 14.8. The number of hydrogen-bond acceptors (Lipinski definition) is 6. The highest BCUT2D eigenvalue weighted by molar-refractivity contribution is 5.99. The Hall–Kier alpha value is -3.93. The molecule has 0 saturated heterocycles. The highest BCUT2D eigenvalue weighted by Crippen LogP contribution is 2.28. The van der Waals surface area contributed by atoms with Gasteiger partial charge in [0.05, 0.1) is 5.69 Å². The van der Waals surface area contributed by atoms with Gasteiger partial charge in [0.1, 0.15) is 30.4 Å². The maximum Gasteiger partial charge on any atom is 0.201 e. The molecule has 1 aliphatic heterocycles. The first-order valence-corrected chi connectivity index (χ1v) is 9.71. The lowest BCUT2D eigenvalue weighted by Crippen LogP contribution is -2.03. The Morgan fingerprint density at radius 3 is 2.20 bits per heavy atom. The number of azo groups is 1. The van der Waals surface area contributed by atoms with Crippen molar-refractivity contribution in [1.29, 1.82) is 0 Å². The van der Waals surface area contributed by atoms with Gasteiger partial charge in [-0.15, -0.1) is 10.2 Å². The van der Waals surface area contributed by atoms with Crippen molar-refractivity contribution in [2.75, 3.05) is 18.6 Å². The van der Waals surface area contributed by atoms with Crippen LogP contribution in [0, 0.1) is 6.92 Å². The summed E-state index contributed by atoms with van der Waals surface area (Å²) in [5.41, 5.74) is 6.46. The lowest BCUT2D eigenvalue weighted by Gasteiger charge is -2.10. The van der Waals surface area contributed by atoms with Crippen molar-refractivity contribution in [2.45, 2.75) is 6.92 Å². The predicted molar refractivity (Wildman–Crippen MR) is 119 cm³/mol. The van der Waals surface area contributed by atoms with E-state index in [2.05, 4.69) is 20.8 Å². The molecule has 6 nitrogen and oxygen atoms in total. The summed E-state index contributed by atoms with van der Waals surface area (Å²) in [6.07, 6.45) is 3.83. The molecule has 1 aliphatic rings. The molecule has 0 aliphatic carbocycles. The van der Waals surface area contributed by atoms with Gasteiger partial charge in [-0.25, -0.2) is 0 Å². The lowest BCUT2D eigenvalue weighted by atomic mass is 10.1. The topological polar surface area (TPSA) is 67.6 Å². The van der Waals surface area contributed by atoms with Crippen LogP contribution in [0.1, 0.15) is 11.1 Å². The quantitative estimate of drug-likeness (QED) is 0.521. The second-order valence-corrected chi connectivity index (χ2v) is 6.67. The third-order valence-electron chi connectivity index (χ3n) is 4.43. The molecular weight excluding hydrogens is 376 g/mol. The van der Waals surface area contributed by atoms with Crippen molar-refractivity contribution in [3.63, 3.8) is 0 Å². The second-order valence-electron chi connectivity index (χ2n) is 6.67. The summed E-state index contributed by atoms with van der Waals surface area (Å²) in [6, 6.07) is 23.1. The molecule has 4 rings (SSSR count). The molecule has 0 atom stereocenters. The van der Waals surface area contributed by atoms with Crippen molar-refractivity contribution >= 4 is 17.2 Å². The molecule has 150 valence electrons. The lowest BCUT2D eigenvalue weighted by molar-refractivity contribution is 0.351. The van der Waals surface area contributed by atoms with Crippen LogP contribution >= 0.6 is 0 Å². The van der Waals surface area contributed by atoms with Crippen LogP contribution in [0.5, 0.6) is 11.5 Å². The molecule has 3 aromatic rings. The molecule has 1 N–H and O–H groups in total. The first-order valence-electron chi connectivity index (χ1n) is 9.71. The zero-order valence-electron chi connectivity index (χ0n) is 16.7. The fourth-order valence-corrected chi connectivity index (χ4v) is 2.82. The molecule has 0 unspecified atom stereocenters. The number of benzene rings is 3. The normalized spacial score (nSPS) is 16.8. The van der Waals surface area contributed by atoms with Crippen LogP contribution < -0.4 is 14.9 Å². The summed E-state index contributed by atoms with van der Waals surface area (Å²) in [7, 11) is 0. The molecule has 1 heterocycles. The maximum atomic E-state index is 5.86. The van der Waals surface area contributed by atoms with Crippen LogP contribution in [-0.4, -0.2) is 19.0 Å². The molecule has 3 aromatic carbocycles. The fraction of sp³-hybridized carbons (Fsp3) is 0.125. The monoisotopic (exact) mass is 398 g/mol. The van der Waals surface area contributed by atoms with Crippen molar-refractivity contribution in [3.05, 3.63) is 96.1 Å². The van der Waals surface area contributed by atoms with Gasteiger partial charge >= 0.3 is 0 Å². The number of hydrazone groups is 1. The molecule has 0 bridgehead atoms. The Bertz CT molecular complexity index is 1090. The number of rotatable bonds is 1. The van der Waals surface area contributed by atoms with Gasteiger partial charge in [-0.05, 0) is 43.3 Å². The summed E-state index contributed by atoms with van der Waals surface area (Å²) in [6.45, 7) is 2.87. The molecular formula is C24H22N4O2. The van der Waals surface area contributed by atoms with Gasteiger partial charge in [-0.2, -0.15) is 5.10 Å². The molecule has 6 heteroatoms. The van der Waals surface area contributed by atoms with Crippen LogP contribution in [0.3, 0.4) is 0 Å². The van der Waals surface area contributed by atoms with Gasteiger partial charge in [0.2, 0.25) is 5.84 Å². The Balaban J connectivity index is 1.75. The Labute approximate surface area is 175 Å². The first kappa shape index (κ1) is 19.4. The number of hydrogen-bond donors (Lipinski definition) is 1. The second kappa shape index (κ2) is 9.52. The van der Waals surface area contributed by atoms with Gasteiger partial charge < -0.3 is 9.47 Å². The van der Waals surface area contributed by atoms with Crippen molar-refractivity contribution < 1.29 is 9.47 Å². The third kappa shape index (κ3) is 4.91. The standard InChI is InChI=1S/C24H22N4O2/c1-18-12-14-19(15-13-18)24-27-25-20-8-2-4-10-22(20)29-16-6-7-17-30-23-11-5-3-9-21(23)26-28-24/h2-15,25H,16-17H2,1H3/b7-6+,27-24-,28-26?. The number of para-hydroxylation sites is 3. The molecule has 0 fully saturated rings. The minimum absolute atomic E-state index is 0.411. The van der Waals surface area contributed by atoms with Crippen LogP contribution in [0.25, 0.3) is 0 Å². The molecule has 0 aromatic heterocycles. The predicted octanol–water partition coefficient (Wildman–Crippen LogP) is 5.88. The van der Waals surface area contributed by atoms with Crippen LogP contribution in [0.2, 0.25) is 0 Å². The summed E-state index contributed by atoms with van der Waals surface area (Å²) in [5.74, 6) is 1.80. The van der Waals surface area contributed by atoms with Gasteiger partial charge in [0.15, 0.2) is 0 Å². The van der Waals surface area contributed by atoms with E-state index >= 15 is 0 Å². The molecule has 0 radical (unpaired) electrons. The van der Waals surface area contributed by atoms with E-state index in [-0.39, 0.29) is 0 Å². The average Bonchev–Trinajstić information content (AvgIpc) is 2.78. The van der Waals surface area contributed by atoms with Gasteiger partial charge in [-0.1, -0.05) is 54.1 Å². The molecule has 0 saturated carbocycles. The van der Waals surface area contributed by atoms with E-state index in [0.717, 1.165) is 16.8 Å². The third-order valence-corrected chi connectivity index (χ3v) is 4.43. The highest BCUT2D eigenvalue weighted by Gasteiger charge is 2.07. The highest BCUT2D eigenvalue weighted by atomic mass is 16.5. The zero-order chi connectivity index (χ0) is 20.6. The summed E-state index contributed by atoms with van der Waals surface area (Å²) in [4.78, 5) is 0. The summed E-state index contributed by atoms with van der Waals surface area (Å²) >= 11 is 0. The number of nitrogens with zero attached hydrogens (tertiary/aromatic N) is 3. The zero-order valence-corrected chi connectivity index (χ0v) is 16.7. The van der Waals surface area contributed by atoms with E-state index in [4.69, 9.17) is 9.47 Å². The van der Waals surface area contributed by atoms with E-state index in [9.17, 15) is 0 Å². The number of nitrogens with one attached hydrogen (secondary N) is 1. The van der Waals surface area contributed by atoms with Crippen LogP contribution in [0.15, 0.2) is 100 Å². The van der Waals surface area contributed by atoms with E-state index < -0.39 is 0 Å². The van der Waals surface area contributed by atoms with Crippen molar-refractivity contribution in [3.8, 4) is 11.5 Å². The SMILES string of the molecule is Cc1ccc(/C2=N/Nc3ccccc3OC/C=C/COc3ccccc3N=N2)cc1. The van der Waals surface area contributed by atoms with Gasteiger partial charge in [0, 0.05) is 5.56 Å². The minimum Gasteiger partial charge on any atom is -0.487 e. The van der Waals surface area contributed by atoms with E-state index in [1.807, 2.05) is 91.9 Å². The van der Waals surface area contributed by atoms with E-state index in [0.29, 0.717) is 36.2 Å². The Kier molecular flexibility index (Phi) is 6.15. The van der Waals surface area contributed by atoms with Crippen LogP contribution in [-0.2, 0) is 0 Å². The fourth-order valence-electron chi connectivity index (χ4n) is 2.82. The number of ether oxygens (including phenoxy) is 2. The molecule has 0 amide bonds. The smallest absolute Gasteiger partial charge is 0.201 e. The Morgan fingerprint density at radius 2 is 1.40 bits per heavy atom. The largest absolute Gasteiger partial charge is 0.487 e. The van der Waals surface area contributed by atoms with Gasteiger partial charge in [-0.3, -0.25) is 5.43 Å². The molecule has 0 spiro atoms. The molecule has 30 heavy (non-hydrogen) atoms. The van der Waals surface area contributed by atoms with Crippen molar-refractivity contribution in [1.82, 2.24) is 0 Å². The average molecular weight is 398 g/mol. The van der Waals surface area contributed by atoms with Gasteiger partial charge in [0.25, 0.3) is 0 Å². The van der Waals surface area contributed by atoms with Crippen LogP contribution in [0.4, 0.5) is 11.4 Å². The summed E-state index contributed by atoms with van der Waals surface area (Å²) in [5, 5.41) is 13.3. The number of anilines is 1. The minimum atomic E-state index is 0.411. The van der Waals surface area contributed by atoms with E-state index in [1.54, 1.807) is 0 Å². The number of fused-ring (bicyclic) bond motifs is 2. The maximum absolute atomic E-state index is 5.86. The number of aryl methyl sites for hydroxylation is 1. The van der Waals surface area contributed by atoms with E-state index in [1.165, 1.54) is 0 Å². The summed E-state index contributed by atoms with van der Waals surface area (Å²) < 4.78 is 11.7.